The third-order valence-electron chi connectivity index (χ3n) is 11.1. The Morgan fingerprint density at radius 3 is 1.88 bits per heavy atom. The number of halogens is 4. The zero-order chi connectivity index (χ0) is 40.5. The number of aliphatic imine (C=N–C) groups is 1. The zero-order valence-electron chi connectivity index (χ0n) is 31.4. The van der Waals surface area contributed by atoms with Gasteiger partial charge in [0.25, 0.3) is 0 Å². The van der Waals surface area contributed by atoms with Crippen molar-refractivity contribution < 1.29 is 17.6 Å². The molecular formula is C50H28F4N6. The molecule has 0 N–H and O–H groups in total. The Morgan fingerprint density at radius 1 is 0.517 bits per heavy atom. The van der Waals surface area contributed by atoms with Crippen LogP contribution in [0.25, 0.3) is 94.8 Å². The van der Waals surface area contributed by atoms with E-state index in [9.17, 15) is 0 Å². The van der Waals surface area contributed by atoms with E-state index < -0.39 is 23.3 Å². The quantitative estimate of drug-likeness (QED) is 0.128. The molecule has 5 aromatic carbocycles. The largest absolute Gasteiger partial charge is 0.259 e. The summed E-state index contributed by atoms with van der Waals surface area (Å²) in [4.78, 5) is 27.6. The maximum absolute atomic E-state index is 16.2. The molecule has 6 nitrogen and oxygen atoms in total. The first kappa shape index (κ1) is 35.4. The topological polar surface area (TPSA) is 76.8 Å². The average molecular weight is 789 g/mol. The van der Waals surface area contributed by atoms with Gasteiger partial charge in [0.15, 0.2) is 5.82 Å². The maximum atomic E-state index is 16.2. The van der Waals surface area contributed by atoms with Gasteiger partial charge in [0, 0.05) is 74.9 Å². The van der Waals surface area contributed by atoms with Crippen LogP contribution < -0.4 is 0 Å². The SMILES string of the molecule is Fc1cc(-c2cc(-c3cc(F)c(-c4cnc5c(ccc6cccnc65)c4)c(F)c3)nc(-c3ccc4ccccc4c3)n2)cc(F)c1-c1cnc2c(c1)C=CC1CC=CN=C21. The predicted molar refractivity (Wildman–Crippen MR) is 228 cm³/mol. The molecule has 11 rings (SSSR count). The standard InChI is InChI=1S/C50H28F4N6/c51-38-20-34(21-39(52)44(38)36-18-31-12-10-28-7-3-15-55-46(28)48(31)57-25-36)42-24-43(60-50(59-42)33-14-9-27-5-1-2-6-30(27)17-33)35-22-40(53)45(41(54)23-35)37-19-32-13-11-29-8-4-16-56-47(29)49(32)58-26-37/h1-7,9-26,29H,8H2. The smallest absolute Gasteiger partial charge is 0.160 e. The Kier molecular flexibility index (Phi) is 8.26. The van der Waals surface area contributed by atoms with Gasteiger partial charge in [0.2, 0.25) is 0 Å². The molecule has 60 heavy (non-hydrogen) atoms. The molecule has 0 saturated carbocycles. The Balaban J connectivity index is 1.01. The summed E-state index contributed by atoms with van der Waals surface area (Å²) >= 11 is 0. The summed E-state index contributed by atoms with van der Waals surface area (Å²) < 4.78 is 64.9. The number of allylic oxidation sites excluding steroid dienone is 2. The van der Waals surface area contributed by atoms with Crippen LogP contribution >= 0.6 is 0 Å². The summed E-state index contributed by atoms with van der Waals surface area (Å²) in [5.74, 6) is -3.02. The van der Waals surface area contributed by atoms with E-state index in [1.165, 1.54) is 42.7 Å². The molecule has 9 aromatic rings. The fraction of sp³-hybridized carbons (Fsp3) is 0.0400. The molecule has 5 heterocycles. The molecule has 286 valence electrons. The van der Waals surface area contributed by atoms with Crippen molar-refractivity contribution in [3.05, 3.63) is 181 Å². The third-order valence-corrected chi connectivity index (χ3v) is 11.1. The highest BCUT2D eigenvalue weighted by Crippen LogP contribution is 2.38. The van der Waals surface area contributed by atoms with Gasteiger partial charge in [-0.25, -0.2) is 27.5 Å². The van der Waals surface area contributed by atoms with Gasteiger partial charge in [-0.3, -0.25) is 19.9 Å². The van der Waals surface area contributed by atoms with Gasteiger partial charge in [-0.1, -0.05) is 72.8 Å². The van der Waals surface area contributed by atoms with Gasteiger partial charge in [-0.05, 0) is 71.8 Å². The normalized spacial score (nSPS) is 14.4. The molecule has 1 atom stereocenters. The van der Waals surface area contributed by atoms with E-state index in [1.807, 2.05) is 85.0 Å². The predicted octanol–water partition coefficient (Wildman–Crippen LogP) is 12.4. The van der Waals surface area contributed by atoms with Crippen molar-refractivity contribution >= 4 is 44.4 Å². The molecule has 1 aliphatic carbocycles. The highest BCUT2D eigenvalue weighted by molar-refractivity contribution is 6.08. The van der Waals surface area contributed by atoms with Crippen LogP contribution in [0.15, 0.2) is 151 Å². The molecule has 2 aliphatic rings. The number of nitrogens with zero attached hydrogens (tertiary/aromatic N) is 6. The molecule has 0 fully saturated rings. The Labute approximate surface area is 340 Å². The fourth-order valence-electron chi connectivity index (χ4n) is 8.20. The molecule has 1 unspecified atom stereocenters. The van der Waals surface area contributed by atoms with Crippen LogP contribution in [0.2, 0.25) is 0 Å². The van der Waals surface area contributed by atoms with E-state index in [2.05, 4.69) is 19.9 Å². The van der Waals surface area contributed by atoms with Crippen molar-refractivity contribution in [3.63, 3.8) is 0 Å². The van der Waals surface area contributed by atoms with E-state index in [0.717, 1.165) is 33.9 Å². The van der Waals surface area contributed by atoms with Crippen LogP contribution in [0.3, 0.4) is 0 Å². The molecule has 4 aromatic heterocycles. The van der Waals surface area contributed by atoms with Crippen molar-refractivity contribution in [2.45, 2.75) is 6.42 Å². The fourth-order valence-corrected chi connectivity index (χ4v) is 8.20. The van der Waals surface area contributed by atoms with Crippen molar-refractivity contribution in [3.8, 4) is 56.2 Å². The minimum Gasteiger partial charge on any atom is -0.259 e. The van der Waals surface area contributed by atoms with Crippen molar-refractivity contribution in [1.82, 2.24) is 24.9 Å². The van der Waals surface area contributed by atoms with Crippen LogP contribution in [-0.4, -0.2) is 30.6 Å². The second kappa shape index (κ2) is 14.0. The van der Waals surface area contributed by atoms with Crippen LogP contribution in [0.1, 0.15) is 17.7 Å². The van der Waals surface area contributed by atoms with E-state index in [1.54, 1.807) is 24.5 Å². The van der Waals surface area contributed by atoms with Gasteiger partial charge in [0.05, 0.1) is 45.0 Å². The van der Waals surface area contributed by atoms with Gasteiger partial charge in [-0.15, -0.1) is 0 Å². The molecule has 1 aliphatic heterocycles. The first-order valence-corrected chi connectivity index (χ1v) is 19.3. The third kappa shape index (κ3) is 6.03. The van der Waals surface area contributed by atoms with Gasteiger partial charge >= 0.3 is 0 Å². The van der Waals surface area contributed by atoms with Crippen LogP contribution in [0, 0.1) is 29.2 Å². The second-order valence-electron chi connectivity index (χ2n) is 14.9. The highest BCUT2D eigenvalue weighted by atomic mass is 19.1. The minimum absolute atomic E-state index is 0.106. The lowest BCUT2D eigenvalue weighted by atomic mass is 9.87. The van der Waals surface area contributed by atoms with Crippen LogP contribution in [0.5, 0.6) is 0 Å². The summed E-state index contributed by atoms with van der Waals surface area (Å²) in [6, 6.07) is 30.5. The van der Waals surface area contributed by atoms with Gasteiger partial charge in [0.1, 0.15) is 23.3 Å². The lowest BCUT2D eigenvalue weighted by Crippen LogP contribution is -2.20. The number of benzene rings is 5. The van der Waals surface area contributed by atoms with E-state index in [4.69, 9.17) is 9.97 Å². The van der Waals surface area contributed by atoms with Gasteiger partial charge < -0.3 is 0 Å². The van der Waals surface area contributed by atoms with E-state index in [0.29, 0.717) is 27.7 Å². The van der Waals surface area contributed by atoms with Crippen LogP contribution in [0.4, 0.5) is 17.6 Å². The second-order valence-corrected chi connectivity index (χ2v) is 14.9. The Morgan fingerprint density at radius 2 is 1.13 bits per heavy atom. The van der Waals surface area contributed by atoms with Crippen molar-refractivity contribution in [2.24, 2.45) is 10.9 Å². The number of fused-ring (bicyclic) bond motifs is 7. The first-order chi connectivity index (χ1) is 29.3. The molecule has 0 spiro atoms. The zero-order valence-corrected chi connectivity index (χ0v) is 31.4. The number of hydrogen-bond acceptors (Lipinski definition) is 6. The number of aromatic nitrogens is 5. The lowest BCUT2D eigenvalue weighted by molar-refractivity contribution is 0.589. The number of rotatable bonds is 5. The summed E-state index contributed by atoms with van der Waals surface area (Å²) in [7, 11) is 0. The maximum Gasteiger partial charge on any atom is 0.160 e. The monoisotopic (exact) mass is 788 g/mol. The summed E-state index contributed by atoms with van der Waals surface area (Å²) in [5.41, 5.74) is 4.67. The molecule has 0 radical (unpaired) electrons. The average Bonchev–Trinajstić information content (AvgIpc) is 3.28. The summed E-state index contributed by atoms with van der Waals surface area (Å²) in [6.45, 7) is 0. The number of hydrogen-bond donors (Lipinski definition) is 0. The molecule has 0 amide bonds. The van der Waals surface area contributed by atoms with Crippen molar-refractivity contribution in [1.29, 1.82) is 0 Å². The van der Waals surface area contributed by atoms with Crippen molar-refractivity contribution in [2.75, 3.05) is 0 Å². The highest BCUT2D eigenvalue weighted by Gasteiger charge is 2.26. The minimum atomic E-state index is -0.838. The Bertz CT molecular complexity index is 3330. The molecule has 0 saturated heterocycles. The Hall–Kier alpha value is -7.72. The van der Waals surface area contributed by atoms with Crippen LogP contribution in [-0.2, 0) is 0 Å². The molecular weight excluding hydrogens is 761 g/mol. The number of pyridine rings is 3. The van der Waals surface area contributed by atoms with E-state index >= 15 is 17.6 Å². The lowest BCUT2D eigenvalue weighted by Gasteiger charge is -2.22. The molecule has 10 heteroatoms. The molecule has 0 bridgehead atoms. The summed E-state index contributed by atoms with van der Waals surface area (Å²) in [6.07, 6.45) is 13.0. The van der Waals surface area contributed by atoms with Gasteiger partial charge in [-0.2, -0.15) is 0 Å². The summed E-state index contributed by atoms with van der Waals surface area (Å²) in [5, 5.41) is 3.48. The first-order valence-electron chi connectivity index (χ1n) is 19.3. The van der Waals surface area contributed by atoms with E-state index in [-0.39, 0.29) is 56.5 Å².